The van der Waals surface area contributed by atoms with Crippen molar-refractivity contribution >= 4 is 80.9 Å². The molecule has 2 unspecified atom stereocenters. The summed E-state index contributed by atoms with van der Waals surface area (Å²) >= 11 is 2.63. The van der Waals surface area contributed by atoms with Gasteiger partial charge in [-0.15, -0.1) is 0 Å². The molecule has 0 spiro atoms. The summed E-state index contributed by atoms with van der Waals surface area (Å²) in [5.74, 6) is -0.476. The zero-order chi connectivity index (χ0) is 40.5. The van der Waals surface area contributed by atoms with Gasteiger partial charge in [0, 0.05) is 42.9 Å². The highest BCUT2D eigenvalue weighted by Gasteiger charge is 2.47. The van der Waals surface area contributed by atoms with Crippen LogP contribution in [-0.4, -0.2) is 115 Å². The molecule has 3 rings (SSSR count). The van der Waals surface area contributed by atoms with Crippen molar-refractivity contribution in [2.75, 3.05) is 49.8 Å². The van der Waals surface area contributed by atoms with Crippen molar-refractivity contribution in [3.8, 4) is 0 Å². The number of ether oxygens (including phenoxy) is 1. The molecular weight excluding hydrogens is 827 g/mol. The smallest absolute Gasteiger partial charge is 0.274 e. The number of nitrogen functional groups attached to an aromatic ring is 1. The Bertz CT molecular complexity index is 1770. The van der Waals surface area contributed by atoms with Gasteiger partial charge in [0.25, 0.3) is 15.6 Å². The van der Waals surface area contributed by atoms with Gasteiger partial charge >= 0.3 is 0 Å². The van der Waals surface area contributed by atoms with Crippen LogP contribution in [0.2, 0.25) is 0 Å². The highest BCUT2D eigenvalue weighted by Crippen LogP contribution is 2.56. The van der Waals surface area contributed by atoms with Crippen LogP contribution in [0.1, 0.15) is 32.9 Å². The molecule has 1 fully saturated rings. The van der Waals surface area contributed by atoms with Crippen LogP contribution in [-0.2, 0) is 50.7 Å². The van der Waals surface area contributed by atoms with E-state index in [4.69, 9.17) is 10.5 Å². The Morgan fingerprint density at radius 2 is 1.74 bits per heavy atom. The molecule has 1 aliphatic rings. The van der Waals surface area contributed by atoms with Crippen molar-refractivity contribution in [3.05, 3.63) is 12.7 Å². The Morgan fingerprint density at radius 3 is 2.41 bits per heavy atom. The molecule has 0 bridgehead atoms. The largest absolute Gasteiger partial charge is 0.790 e. The lowest BCUT2D eigenvalue weighted by atomic mass is 9.87. The van der Waals surface area contributed by atoms with Crippen molar-refractivity contribution in [2.45, 2.75) is 57.3 Å². The number of nitrogens with one attached hydrogen (secondary N) is 2. The summed E-state index contributed by atoms with van der Waals surface area (Å²) in [6.07, 6.45) is -5.27. The maximum atomic E-state index is 12.5. The van der Waals surface area contributed by atoms with E-state index in [0.717, 1.165) is 29.0 Å². The molecule has 0 saturated carbocycles. The average Bonchev–Trinajstić information content (AvgIpc) is 3.63. The zero-order valence-corrected chi connectivity index (χ0v) is 33.1. The summed E-state index contributed by atoms with van der Waals surface area (Å²) in [6, 6.07) is 0. The van der Waals surface area contributed by atoms with Gasteiger partial charge in [0.15, 0.2) is 22.8 Å². The number of aliphatic hydroxyl groups excluding tert-OH is 2. The number of imidazole rings is 1. The molecule has 0 aromatic carbocycles. The molecule has 29 heteroatoms. The molecule has 0 radical (unpaired) electrons. The van der Waals surface area contributed by atoms with Crippen molar-refractivity contribution in [1.82, 2.24) is 30.2 Å². The fraction of sp³-hybridized carbons (Fsp3) is 0.680. The second-order valence-corrected chi connectivity index (χ2v) is 18.1. The summed E-state index contributed by atoms with van der Waals surface area (Å²) in [4.78, 5) is 95.5. The van der Waals surface area contributed by atoms with Crippen LogP contribution in [0.3, 0.4) is 0 Å². The molecule has 6 N–H and O–H groups in total. The number of nitrogens with zero attached hydrogens (tertiary/aromatic N) is 4. The van der Waals surface area contributed by atoms with Crippen LogP contribution < -0.4 is 35.9 Å². The van der Waals surface area contributed by atoms with Gasteiger partial charge < -0.3 is 69.0 Å². The lowest BCUT2D eigenvalue weighted by molar-refractivity contribution is -0.347. The van der Waals surface area contributed by atoms with Crippen LogP contribution in [0.5, 0.6) is 0 Å². The number of phosphoric acid groups is 3. The first-order valence-corrected chi connectivity index (χ1v) is 22.3. The lowest BCUT2D eigenvalue weighted by Gasteiger charge is -2.36. The Kier molecular flexibility index (Phi) is 17.0. The number of rotatable bonds is 22. The topological polar surface area (TPSA) is 375 Å². The number of hydrogen-bond acceptors (Lipinski definition) is 23. The minimum absolute atomic E-state index is 0.000714. The highest BCUT2D eigenvalue weighted by molar-refractivity contribution is 8.13. The zero-order valence-electron chi connectivity index (χ0n) is 28.7. The summed E-state index contributed by atoms with van der Waals surface area (Å²) in [6.45, 7) is 0.134. The van der Waals surface area contributed by atoms with Gasteiger partial charge in [0.2, 0.25) is 11.8 Å². The molecule has 3 heterocycles. The van der Waals surface area contributed by atoms with Crippen LogP contribution in [0.4, 0.5) is 5.82 Å². The number of nitrogens with two attached hydrogens (primary N) is 1. The van der Waals surface area contributed by atoms with Crippen LogP contribution >= 0.6 is 47.0 Å². The molecule has 0 aliphatic carbocycles. The predicted octanol–water partition coefficient (Wildman–Crippen LogP) is -3.11. The molecule has 1 aliphatic heterocycles. The van der Waals surface area contributed by atoms with Crippen LogP contribution in [0.25, 0.3) is 11.2 Å². The van der Waals surface area contributed by atoms with E-state index in [0.29, 0.717) is 17.9 Å². The van der Waals surface area contributed by atoms with E-state index in [1.54, 1.807) is 0 Å². The number of phosphoric ester groups is 3. The molecule has 2 amide bonds. The third-order valence-corrected chi connectivity index (χ3v) is 11.8. The predicted molar refractivity (Wildman–Crippen MR) is 181 cm³/mol. The van der Waals surface area contributed by atoms with Crippen molar-refractivity contribution in [2.24, 2.45) is 5.41 Å². The first-order valence-electron chi connectivity index (χ1n) is 15.5. The van der Waals surface area contributed by atoms with Crippen molar-refractivity contribution in [3.63, 3.8) is 0 Å². The van der Waals surface area contributed by atoms with E-state index in [2.05, 4.69) is 43.5 Å². The maximum Gasteiger partial charge on any atom is 0.274 e. The molecular formula is C25H38N7O17P3S2-4. The number of carbonyl (C=O) groups is 3. The van der Waals surface area contributed by atoms with E-state index < -0.39 is 84.6 Å². The fourth-order valence-electron chi connectivity index (χ4n) is 4.53. The van der Waals surface area contributed by atoms with Crippen molar-refractivity contribution < 1.29 is 80.5 Å². The minimum Gasteiger partial charge on any atom is -0.790 e. The summed E-state index contributed by atoms with van der Waals surface area (Å²) in [7, 11) is -17.6. The number of aromatic nitrogens is 4. The first kappa shape index (κ1) is 46.3. The van der Waals surface area contributed by atoms with E-state index in [-0.39, 0.29) is 41.6 Å². The summed E-state index contributed by atoms with van der Waals surface area (Å²) in [5, 5.41) is 26.1. The normalized spacial score (nSPS) is 22.0. The molecule has 306 valence electrons. The SMILES string of the molecule is CSCCC(=O)SCCNC(=O)CCNC(=O)[C@H](O)C(C)(C)COP(=O)([O-])OP(=O)([O-])OC[C@H]1O[C@@H](n2cnc3c(N)ncnc32)[C@H](O)[C@@H]1OP(=O)([O-])[O-]. The lowest BCUT2D eigenvalue weighted by Crippen LogP contribution is -2.46. The third kappa shape index (κ3) is 14.1. The van der Waals surface area contributed by atoms with Gasteiger partial charge in [0.05, 0.1) is 27.4 Å². The molecule has 2 aromatic rings. The average molecular weight is 866 g/mol. The number of amides is 2. The minimum atomic E-state index is -5.91. The highest BCUT2D eigenvalue weighted by atomic mass is 32.2. The number of fused-ring (bicyclic) bond motifs is 1. The van der Waals surface area contributed by atoms with Gasteiger partial charge in [0.1, 0.15) is 36.3 Å². The Balaban J connectivity index is 1.50. The second-order valence-electron chi connectivity index (χ2n) is 11.9. The molecule has 54 heavy (non-hydrogen) atoms. The van der Waals surface area contributed by atoms with Crippen LogP contribution in [0.15, 0.2) is 12.7 Å². The molecule has 2 aromatic heterocycles. The Labute approximate surface area is 316 Å². The van der Waals surface area contributed by atoms with E-state index >= 15 is 0 Å². The number of hydrogen-bond donors (Lipinski definition) is 5. The van der Waals surface area contributed by atoms with Gasteiger partial charge in [-0.3, -0.25) is 28.1 Å². The Hall–Kier alpha value is -2.09. The number of thioether (sulfide) groups is 2. The van der Waals surface area contributed by atoms with Crippen LogP contribution in [0, 0.1) is 5.41 Å². The van der Waals surface area contributed by atoms with E-state index in [1.807, 2.05) is 6.26 Å². The van der Waals surface area contributed by atoms with Gasteiger partial charge in [-0.2, -0.15) is 11.8 Å². The summed E-state index contributed by atoms with van der Waals surface area (Å²) in [5.41, 5.74) is 4.07. The number of carbonyl (C=O) groups excluding carboxylic acids is 3. The standard InChI is InChI=1S/C25H42N7O17P3S2/c1-25(2,20(36)23(37)28-6-4-15(33)27-7-9-54-16(34)5-8-53-3)11-46-52(43,44)49-51(41,42)45-10-14-19(48-50(38,39)40)18(35)24(47-14)32-13-31-17-21(26)29-12-30-22(17)32/h12-14,18-20,24,35-36H,4-11H2,1-3H3,(H,27,33)(H,28,37)(H,41,42)(H,43,44)(H2,26,29,30)(H2,38,39,40)/p-4/t14-,18-,19-,20+,24-/m1/s1. The third-order valence-electron chi connectivity index (χ3n) is 7.25. The van der Waals surface area contributed by atoms with Gasteiger partial charge in [-0.25, -0.2) is 19.3 Å². The first-order chi connectivity index (χ1) is 25.1. The maximum absolute atomic E-state index is 12.5. The number of anilines is 1. The molecule has 7 atom stereocenters. The van der Waals surface area contributed by atoms with E-state index in [9.17, 15) is 57.9 Å². The van der Waals surface area contributed by atoms with Gasteiger partial charge in [-0.05, 0) is 6.26 Å². The monoisotopic (exact) mass is 865 g/mol. The second kappa shape index (κ2) is 19.9. The number of aliphatic hydroxyl groups is 2. The quantitative estimate of drug-likeness (QED) is 0.0577. The Morgan fingerprint density at radius 1 is 1.06 bits per heavy atom. The van der Waals surface area contributed by atoms with Gasteiger partial charge in [-0.1, -0.05) is 25.6 Å². The van der Waals surface area contributed by atoms with E-state index in [1.165, 1.54) is 25.6 Å². The van der Waals surface area contributed by atoms with Crippen molar-refractivity contribution in [1.29, 1.82) is 0 Å². The fourth-order valence-corrected chi connectivity index (χ4v) is 8.46. The molecule has 24 nitrogen and oxygen atoms in total. The molecule has 1 saturated heterocycles. The summed E-state index contributed by atoms with van der Waals surface area (Å²) < 4.78 is 60.4.